The number of thiophene rings is 1. The van der Waals surface area contributed by atoms with Gasteiger partial charge in [-0.05, 0) is 28.8 Å². The first kappa shape index (κ1) is 22.7. The van der Waals surface area contributed by atoms with E-state index in [4.69, 9.17) is 5.73 Å². The lowest BCUT2D eigenvalue weighted by atomic mass is 9.83. The minimum Gasteiger partial charge on any atom is -0.394 e. The van der Waals surface area contributed by atoms with Crippen molar-refractivity contribution in [3.63, 3.8) is 0 Å². The SMILES string of the molecule is N#Cc1cc2c(s1)CN1C[C@H]2c2ccccc2/C(=C(/N)C(F)(F)F)C=NCC(F)/C=C/C1=O. The fraction of sp³-hybridized carbons (Fsp3) is 0.261. The highest BCUT2D eigenvalue weighted by atomic mass is 32.1. The van der Waals surface area contributed by atoms with E-state index in [9.17, 15) is 27.6 Å². The maximum absolute atomic E-state index is 14.2. The van der Waals surface area contributed by atoms with Gasteiger partial charge in [0.2, 0.25) is 5.91 Å². The highest BCUT2D eigenvalue weighted by Gasteiger charge is 2.37. The minimum atomic E-state index is -4.83. The number of amides is 1. The molecule has 4 rings (SSSR count). The van der Waals surface area contributed by atoms with Gasteiger partial charge in [-0.15, -0.1) is 11.3 Å². The second-order valence-electron chi connectivity index (χ2n) is 7.65. The Hall–Kier alpha value is -3.45. The molecule has 1 unspecified atom stereocenters. The molecule has 2 aliphatic heterocycles. The topological polar surface area (TPSA) is 82.5 Å². The van der Waals surface area contributed by atoms with Crippen LogP contribution < -0.4 is 5.73 Å². The molecule has 0 spiro atoms. The van der Waals surface area contributed by atoms with Crippen LogP contribution in [0.25, 0.3) is 5.57 Å². The van der Waals surface area contributed by atoms with E-state index in [1.807, 2.05) is 0 Å². The van der Waals surface area contributed by atoms with E-state index in [0.29, 0.717) is 10.4 Å². The van der Waals surface area contributed by atoms with Gasteiger partial charge in [-0.2, -0.15) is 18.4 Å². The zero-order chi connectivity index (χ0) is 23.8. The van der Waals surface area contributed by atoms with Crippen molar-refractivity contribution in [2.24, 2.45) is 10.7 Å². The molecule has 2 aliphatic rings. The van der Waals surface area contributed by atoms with Gasteiger partial charge in [-0.1, -0.05) is 24.3 Å². The van der Waals surface area contributed by atoms with Gasteiger partial charge in [0.15, 0.2) is 0 Å². The number of aliphatic imine (C=N–C) groups is 1. The van der Waals surface area contributed by atoms with Crippen molar-refractivity contribution in [3.8, 4) is 6.07 Å². The van der Waals surface area contributed by atoms with Gasteiger partial charge in [0, 0.05) is 35.2 Å². The van der Waals surface area contributed by atoms with Crippen molar-refractivity contribution in [1.29, 1.82) is 5.26 Å². The highest BCUT2D eigenvalue weighted by molar-refractivity contribution is 7.12. The first-order valence-corrected chi connectivity index (χ1v) is 10.8. The smallest absolute Gasteiger partial charge is 0.394 e. The van der Waals surface area contributed by atoms with Crippen molar-refractivity contribution in [2.75, 3.05) is 13.1 Å². The second kappa shape index (κ2) is 8.83. The van der Waals surface area contributed by atoms with Gasteiger partial charge >= 0.3 is 6.18 Å². The molecular formula is C23H18F4N4OS. The predicted octanol–water partition coefficient (Wildman–Crippen LogP) is 4.30. The first-order chi connectivity index (χ1) is 15.7. The van der Waals surface area contributed by atoms with E-state index in [1.54, 1.807) is 24.3 Å². The van der Waals surface area contributed by atoms with Crippen LogP contribution in [0.1, 0.15) is 32.4 Å². The predicted molar refractivity (Wildman–Crippen MR) is 117 cm³/mol. The average Bonchev–Trinajstić information content (AvgIpc) is 3.21. The number of carbonyl (C=O) groups excluding carboxylic acids is 1. The number of nitrogens with zero attached hydrogens (tertiary/aromatic N) is 3. The number of alkyl halides is 4. The number of fused-ring (bicyclic) bond motifs is 6. The summed E-state index contributed by atoms with van der Waals surface area (Å²) in [6.45, 7) is -0.0741. The van der Waals surface area contributed by atoms with Gasteiger partial charge in [0.25, 0.3) is 0 Å². The monoisotopic (exact) mass is 474 g/mol. The molecule has 33 heavy (non-hydrogen) atoms. The molecule has 0 saturated heterocycles. The normalized spacial score (nSPS) is 23.4. The van der Waals surface area contributed by atoms with E-state index in [-0.39, 0.29) is 24.2 Å². The summed E-state index contributed by atoms with van der Waals surface area (Å²) in [5.41, 5.74) is 5.27. The molecule has 1 aromatic carbocycles. The van der Waals surface area contributed by atoms with Crippen molar-refractivity contribution in [2.45, 2.75) is 24.8 Å². The Bertz CT molecular complexity index is 1220. The van der Waals surface area contributed by atoms with E-state index in [0.717, 1.165) is 28.8 Å². The molecule has 10 heteroatoms. The Labute approximate surface area is 191 Å². The fourth-order valence-electron chi connectivity index (χ4n) is 3.99. The zero-order valence-electron chi connectivity index (χ0n) is 17.1. The Morgan fingerprint density at radius 2 is 2.03 bits per heavy atom. The summed E-state index contributed by atoms with van der Waals surface area (Å²) in [5.74, 6) is -0.932. The fourth-order valence-corrected chi connectivity index (χ4v) is 5.02. The number of nitriles is 1. The number of nitrogens with two attached hydrogens (primary N) is 1. The van der Waals surface area contributed by atoms with Crippen molar-refractivity contribution >= 4 is 29.0 Å². The van der Waals surface area contributed by atoms with Gasteiger partial charge in [0.1, 0.15) is 22.8 Å². The van der Waals surface area contributed by atoms with Crippen LogP contribution in [0.2, 0.25) is 0 Å². The summed E-state index contributed by atoms with van der Waals surface area (Å²) >= 11 is 1.23. The summed E-state index contributed by atoms with van der Waals surface area (Å²) in [5, 5.41) is 9.38. The summed E-state index contributed by atoms with van der Waals surface area (Å²) in [6, 6.07) is 10.2. The Balaban J connectivity index is 1.98. The molecule has 1 aromatic heterocycles. The number of allylic oxidation sites excluding steroid dienone is 2. The van der Waals surface area contributed by atoms with Crippen molar-refractivity contribution in [3.05, 3.63) is 74.6 Å². The summed E-state index contributed by atoms with van der Waals surface area (Å²) < 4.78 is 55.1. The maximum atomic E-state index is 14.2. The van der Waals surface area contributed by atoms with Crippen LogP contribution in [0.4, 0.5) is 17.6 Å². The number of carbonyl (C=O) groups is 1. The summed E-state index contributed by atoms with van der Waals surface area (Å²) in [7, 11) is 0. The quantitative estimate of drug-likeness (QED) is 0.578. The van der Waals surface area contributed by atoms with Crippen LogP contribution in [0, 0.1) is 11.3 Å². The standard InChI is InChI=1S/C23H18F4N4OS/c24-13-5-6-21(32)31-11-19(17-7-14(8-28)33-20(17)12-31)16-4-2-1-3-15(16)18(10-30-9-13)22(29)23(25,26)27/h1-7,10,13,19H,9,11-12,29H2/b6-5+,22-18+,30-10?/t13?,19-/m0/s1. The van der Waals surface area contributed by atoms with Gasteiger partial charge in [-0.25, -0.2) is 4.39 Å². The third kappa shape index (κ3) is 4.54. The molecule has 170 valence electrons. The van der Waals surface area contributed by atoms with Gasteiger partial charge in [0.05, 0.1) is 13.1 Å². The van der Waals surface area contributed by atoms with Crippen LogP contribution in [0.15, 0.2) is 53.2 Å². The second-order valence-corrected chi connectivity index (χ2v) is 8.79. The minimum absolute atomic E-state index is 0.155. The number of benzene rings is 1. The molecule has 2 bridgehead atoms. The third-order valence-corrected chi connectivity index (χ3v) is 6.59. The van der Waals surface area contributed by atoms with Crippen LogP contribution in [0.3, 0.4) is 0 Å². The lowest BCUT2D eigenvalue weighted by molar-refractivity contribution is -0.127. The number of rotatable bonds is 0. The molecule has 0 radical (unpaired) electrons. The van der Waals surface area contributed by atoms with E-state index in [2.05, 4.69) is 11.1 Å². The van der Waals surface area contributed by atoms with Crippen molar-refractivity contribution in [1.82, 2.24) is 4.90 Å². The van der Waals surface area contributed by atoms with Gasteiger partial charge < -0.3 is 10.6 Å². The van der Waals surface area contributed by atoms with Gasteiger partial charge in [-0.3, -0.25) is 9.79 Å². The molecule has 3 heterocycles. The molecule has 2 aromatic rings. The van der Waals surface area contributed by atoms with Crippen molar-refractivity contribution < 1.29 is 22.4 Å². The number of hydrogen-bond acceptors (Lipinski definition) is 5. The average molecular weight is 474 g/mol. The molecule has 5 nitrogen and oxygen atoms in total. The first-order valence-electron chi connectivity index (χ1n) is 9.99. The molecule has 0 aliphatic carbocycles. The van der Waals surface area contributed by atoms with Crippen LogP contribution in [-0.4, -0.2) is 42.5 Å². The zero-order valence-corrected chi connectivity index (χ0v) is 18.0. The van der Waals surface area contributed by atoms with Crippen LogP contribution in [-0.2, 0) is 11.3 Å². The Morgan fingerprint density at radius 3 is 2.76 bits per heavy atom. The molecular weight excluding hydrogens is 456 g/mol. The summed E-state index contributed by atoms with van der Waals surface area (Å²) in [4.78, 5) is 19.3. The molecule has 2 N–H and O–H groups in total. The van der Waals surface area contributed by atoms with Crippen LogP contribution >= 0.6 is 11.3 Å². The Kier molecular flexibility index (Phi) is 6.08. The maximum Gasteiger partial charge on any atom is 0.431 e. The van der Waals surface area contributed by atoms with Crippen LogP contribution in [0.5, 0.6) is 0 Å². The number of hydrogen-bond donors (Lipinski definition) is 1. The van der Waals surface area contributed by atoms with E-state index >= 15 is 0 Å². The summed E-state index contributed by atoms with van der Waals surface area (Å²) in [6.07, 6.45) is -3.38. The Morgan fingerprint density at radius 1 is 1.27 bits per heavy atom. The largest absolute Gasteiger partial charge is 0.431 e. The van der Waals surface area contributed by atoms with E-state index < -0.39 is 36.4 Å². The van der Waals surface area contributed by atoms with E-state index in [1.165, 1.54) is 22.3 Å². The number of halogens is 4. The molecule has 0 fully saturated rings. The molecule has 1 amide bonds. The molecule has 0 saturated carbocycles. The lowest BCUT2D eigenvalue weighted by Crippen LogP contribution is -2.37. The molecule has 2 atom stereocenters. The third-order valence-electron chi connectivity index (χ3n) is 5.55. The lowest BCUT2D eigenvalue weighted by Gasteiger charge is -2.33. The highest BCUT2D eigenvalue weighted by Crippen LogP contribution is 2.41.